The lowest BCUT2D eigenvalue weighted by Crippen LogP contribution is -2.18. The highest BCUT2D eigenvalue weighted by Gasteiger charge is 1.97. The van der Waals surface area contributed by atoms with E-state index in [-0.39, 0.29) is 0 Å². The summed E-state index contributed by atoms with van der Waals surface area (Å²) in [4.78, 5) is 4.12. The number of ether oxygens (including phenoxy) is 1. The van der Waals surface area contributed by atoms with Crippen molar-refractivity contribution in [1.29, 1.82) is 0 Å². The van der Waals surface area contributed by atoms with Crippen LogP contribution in [0.3, 0.4) is 0 Å². The Morgan fingerprint density at radius 1 is 1.69 bits per heavy atom. The standard InChI is InChI=1S/C8H13ClN2OS/c1-2-12-4-3-10-6-8-11-5-7(9)13-8/h5,10H,2-4,6H2,1H3. The molecule has 0 aliphatic heterocycles. The first kappa shape index (κ1) is 10.9. The maximum atomic E-state index is 5.73. The van der Waals surface area contributed by atoms with Crippen molar-refractivity contribution in [3.8, 4) is 0 Å². The fraction of sp³-hybridized carbons (Fsp3) is 0.625. The molecule has 1 aromatic rings. The Morgan fingerprint density at radius 3 is 3.15 bits per heavy atom. The van der Waals surface area contributed by atoms with E-state index >= 15 is 0 Å². The molecule has 1 N–H and O–H groups in total. The Morgan fingerprint density at radius 2 is 2.54 bits per heavy atom. The average Bonchev–Trinajstić information content (AvgIpc) is 2.51. The van der Waals surface area contributed by atoms with Gasteiger partial charge in [0.2, 0.25) is 0 Å². The van der Waals surface area contributed by atoms with Crippen molar-refractivity contribution in [3.63, 3.8) is 0 Å². The SMILES string of the molecule is CCOCCNCc1ncc(Cl)s1. The fourth-order valence-corrected chi connectivity index (χ4v) is 1.78. The monoisotopic (exact) mass is 220 g/mol. The number of halogens is 1. The van der Waals surface area contributed by atoms with Gasteiger partial charge in [-0.1, -0.05) is 11.6 Å². The Hall–Kier alpha value is -0.160. The highest BCUT2D eigenvalue weighted by molar-refractivity contribution is 7.15. The summed E-state index contributed by atoms with van der Waals surface area (Å²) >= 11 is 7.23. The van der Waals surface area contributed by atoms with E-state index in [0.717, 1.165) is 35.6 Å². The van der Waals surface area contributed by atoms with Crippen LogP contribution in [-0.2, 0) is 11.3 Å². The molecule has 0 unspecified atom stereocenters. The molecule has 1 aromatic heterocycles. The molecule has 0 aliphatic rings. The van der Waals surface area contributed by atoms with Crippen LogP contribution in [0, 0.1) is 0 Å². The van der Waals surface area contributed by atoms with Gasteiger partial charge in [0, 0.05) is 19.7 Å². The second-order valence-electron chi connectivity index (χ2n) is 2.43. The highest BCUT2D eigenvalue weighted by Crippen LogP contribution is 2.17. The summed E-state index contributed by atoms with van der Waals surface area (Å²) in [5, 5.41) is 4.23. The lowest BCUT2D eigenvalue weighted by atomic mass is 10.6. The molecule has 0 radical (unpaired) electrons. The number of hydrogen-bond donors (Lipinski definition) is 1. The van der Waals surface area contributed by atoms with Crippen molar-refractivity contribution in [2.75, 3.05) is 19.8 Å². The van der Waals surface area contributed by atoms with Crippen LogP contribution in [0.1, 0.15) is 11.9 Å². The first-order chi connectivity index (χ1) is 6.33. The van der Waals surface area contributed by atoms with Crippen molar-refractivity contribution in [3.05, 3.63) is 15.5 Å². The zero-order chi connectivity index (χ0) is 9.52. The molecule has 0 aromatic carbocycles. The molecular weight excluding hydrogens is 208 g/mol. The van der Waals surface area contributed by atoms with Crippen LogP contribution < -0.4 is 5.32 Å². The third-order valence-electron chi connectivity index (χ3n) is 1.43. The molecule has 0 fully saturated rings. The second-order valence-corrected chi connectivity index (χ2v) is 4.18. The van der Waals surface area contributed by atoms with Crippen molar-refractivity contribution in [1.82, 2.24) is 10.3 Å². The molecule has 0 atom stereocenters. The molecule has 13 heavy (non-hydrogen) atoms. The smallest absolute Gasteiger partial charge is 0.113 e. The normalized spacial score (nSPS) is 10.6. The van der Waals surface area contributed by atoms with Gasteiger partial charge >= 0.3 is 0 Å². The minimum absolute atomic E-state index is 0.738. The summed E-state index contributed by atoms with van der Waals surface area (Å²) in [7, 11) is 0. The van der Waals surface area contributed by atoms with Gasteiger partial charge in [0.15, 0.2) is 0 Å². The molecule has 1 heterocycles. The molecule has 0 amide bonds. The lowest BCUT2D eigenvalue weighted by molar-refractivity contribution is 0.149. The third kappa shape index (κ3) is 4.57. The molecule has 0 saturated carbocycles. The molecule has 0 aliphatic carbocycles. The maximum Gasteiger partial charge on any atom is 0.113 e. The Balaban J connectivity index is 2.06. The van der Waals surface area contributed by atoms with Crippen LogP contribution in [0.25, 0.3) is 0 Å². The molecule has 74 valence electrons. The minimum atomic E-state index is 0.738. The molecular formula is C8H13ClN2OS. The van der Waals surface area contributed by atoms with E-state index in [9.17, 15) is 0 Å². The van der Waals surface area contributed by atoms with Crippen molar-refractivity contribution < 1.29 is 4.74 Å². The van der Waals surface area contributed by atoms with Gasteiger partial charge in [-0.05, 0) is 6.92 Å². The fourth-order valence-electron chi connectivity index (χ4n) is 0.854. The summed E-state index contributed by atoms with van der Waals surface area (Å²) in [5.41, 5.74) is 0. The number of rotatable bonds is 6. The number of nitrogens with zero attached hydrogens (tertiary/aromatic N) is 1. The first-order valence-electron chi connectivity index (χ1n) is 4.21. The molecule has 0 spiro atoms. The quantitative estimate of drug-likeness (QED) is 0.744. The summed E-state index contributed by atoms with van der Waals surface area (Å²) in [6, 6.07) is 0. The first-order valence-corrected chi connectivity index (χ1v) is 5.41. The Kier molecular flexibility index (Phi) is 5.31. The zero-order valence-corrected chi connectivity index (χ0v) is 9.12. The number of hydrogen-bond acceptors (Lipinski definition) is 4. The molecule has 5 heteroatoms. The van der Waals surface area contributed by atoms with E-state index in [1.165, 1.54) is 11.3 Å². The van der Waals surface area contributed by atoms with Gasteiger partial charge in [-0.25, -0.2) is 4.98 Å². The summed E-state index contributed by atoms with van der Waals surface area (Å²) in [6.07, 6.45) is 1.67. The van der Waals surface area contributed by atoms with Gasteiger partial charge in [-0.15, -0.1) is 11.3 Å². The summed E-state index contributed by atoms with van der Waals surface area (Å²) in [6.45, 7) is 5.12. The molecule has 1 rings (SSSR count). The van der Waals surface area contributed by atoms with Crippen LogP contribution in [0.15, 0.2) is 6.20 Å². The van der Waals surface area contributed by atoms with E-state index in [2.05, 4.69) is 10.3 Å². The van der Waals surface area contributed by atoms with Crippen molar-refractivity contribution >= 4 is 22.9 Å². The van der Waals surface area contributed by atoms with E-state index in [1.54, 1.807) is 6.20 Å². The van der Waals surface area contributed by atoms with Gasteiger partial charge in [0.1, 0.15) is 9.34 Å². The third-order valence-corrected chi connectivity index (χ3v) is 2.54. The zero-order valence-electron chi connectivity index (χ0n) is 7.55. The predicted octanol–water partition coefficient (Wildman–Crippen LogP) is 1.92. The van der Waals surface area contributed by atoms with Crippen LogP contribution >= 0.6 is 22.9 Å². The van der Waals surface area contributed by atoms with Gasteiger partial charge in [0.05, 0.1) is 12.8 Å². The minimum Gasteiger partial charge on any atom is -0.380 e. The van der Waals surface area contributed by atoms with E-state index in [4.69, 9.17) is 16.3 Å². The topological polar surface area (TPSA) is 34.1 Å². The van der Waals surface area contributed by atoms with Crippen LogP contribution in [0.2, 0.25) is 4.34 Å². The van der Waals surface area contributed by atoms with Gasteiger partial charge in [-0.2, -0.15) is 0 Å². The largest absolute Gasteiger partial charge is 0.380 e. The average molecular weight is 221 g/mol. The Bertz CT molecular complexity index is 242. The molecule has 0 saturated heterocycles. The number of thiazole rings is 1. The van der Waals surface area contributed by atoms with E-state index in [0.29, 0.717) is 0 Å². The highest BCUT2D eigenvalue weighted by atomic mass is 35.5. The van der Waals surface area contributed by atoms with E-state index < -0.39 is 0 Å². The summed E-state index contributed by atoms with van der Waals surface area (Å²) < 4.78 is 5.91. The molecule has 0 bridgehead atoms. The van der Waals surface area contributed by atoms with Crippen molar-refractivity contribution in [2.24, 2.45) is 0 Å². The van der Waals surface area contributed by atoms with Crippen molar-refractivity contribution in [2.45, 2.75) is 13.5 Å². The van der Waals surface area contributed by atoms with Crippen LogP contribution in [0.4, 0.5) is 0 Å². The second kappa shape index (κ2) is 6.32. The van der Waals surface area contributed by atoms with E-state index in [1.807, 2.05) is 6.92 Å². The van der Waals surface area contributed by atoms with Crippen LogP contribution in [0.5, 0.6) is 0 Å². The maximum absolute atomic E-state index is 5.73. The predicted molar refractivity (Wildman–Crippen MR) is 55.3 cm³/mol. The molecule has 3 nitrogen and oxygen atoms in total. The number of aromatic nitrogens is 1. The van der Waals surface area contributed by atoms with Gasteiger partial charge < -0.3 is 10.1 Å². The lowest BCUT2D eigenvalue weighted by Gasteiger charge is -2.01. The van der Waals surface area contributed by atoms with Gasteiger partial charge in [0.25, 0.3) is 0 Å². The Labute approximate surface area is 87.1 Å². The summed E-state index contributed by atoms with van der Waals surface area (Å²) in [5.74, 6) is 0. The number of nitrogens with one attached hydrogen (secondary N) is 1. The van der Waals surface area contributed by atoms with Gasteiger partial charge in [-0.3, -0.25) is 0 Å². The van der Waals surface area contributed by atoms with Crippen LogP contribution in [-0.4, -0.2) is 24.7 Å².